The molecule has 134 valence electrons. The molecule has 0 atom stereocenters. The number of nitrogen functional groups attached to an aromatic ring is 1. The first-order valence-corrected chi connectivity index (χ1v) is 9.88. The number of pyridine rings is 1. The van der Waals surface area contributed by atoms with E-state index in [2.05, 4.69) is 21.0 Å². The molecule has 0 bridgehead atoms. The van der Waals surface area contributed by atoms with Crippen LogP contribution in [0.4, 0.5) is 16.3 Å². The average molecular weight is 366 g/mol. The molecule has 0 radical (unpaired) electrons. The fourth-order valence-electron chi connectivity index (χ4n) is 3.55. The van der Waals surface area contributed by atoms with Gasteiger partial charge in [-0.3, -0.25) is 0 Å². The molecule has 3 aromatic rings. The lowest BCUT2D eigenvalue weighted by molar-refractivity contribution is 0.244. The van der Waals surface area contributed by atoms with Crippen LogP contribution in [0.15, 0.2) is 41.9 Å². The molecule has 1 aromatic carbocycles. The SMILES string of the molecule is Nc1nccc2scc(-c3ccc(NC(=O)NC4CCCCC4)cc3)c12. The molecule has 0 spiro atoms. The summed E-state index contributed by atoms with van der Waals surface area (Å²) >= 11 is 1.66. The fraction of sp³-hybridized carbons (Fsp3) is 0.300. The van der Waals surface area contributed by atoms with E-state index in [0.717, 1.165) is 39.7 Å². The Labute approximate surface area is 156 Å². The Balaban J connectivity index is 1.47. The van der Waals surface area contributed by atoms with E-state index in [1.165, 1.54) is 19.3 Å². The predicted molar refractivity (Wildman–Crippen MR) is 108 cm³/mol. The number of nitrogens with one attached hydrogen (secondary N) is 2. The third kappa shape index (κ3) is 3.51. The van der Waals surface area contributed by atoms with Gasteiger partial charge in [-0.05, 0) is 42.0 Å². The molecule has 1 fully saturated rings. The number of nitrogens with two attached hydrogens (primary N) is 1. The van der Waals surface area contributed by atoms with Crippen LogP contribution in [0.25, 0.3) is 21.2 Å². The van der Waals surface area contributed by atoms with Gasteiger partial charge in [-0.1, -0.05) is 31.4 Å². The monoisotopic (exact) mass is 366 g/mol. The maximum atomic E-state index is 12.2. The first-order valence-electron chi connectivity index (χ1n) is 9.00. The summed E-state index contributed by atoms with van der Waals surface area (Å²) in [6, 6.07) is 10.0. The normalized spacial score (nSPS) is 15.1. The van der Waals surface area contributed by atoms with Crippen LogP contribution in [-0.2, 0) is 0 Å². The average Bonchev–Trinajstić information content (AvgIpc) is 3.09. The van der Waals surface area contributed by atoms with E-state index in [9.17, 15) is 4.79 Å². The Morgan fingerprint density at radius 3 is 2.65 bits per heavy atom. The molecule has 5 nitrogen and oxygen atoms in total. The number of aromatic nitrogens is 1. The number of urea groups is 1. The van der Waals surface area contributed by atoms with Crippen molar-refractivity contribution in [3.8, 4) is 11.1 Å². The van der Waals surface area contributed by atoms with E-state index in [1.807, 2.05) is 30.3 Å². The van der Waals surface area contributed by atoms with Crippen LogP contribution in [0.3, 0.4) is 0 Å². The molecular weight excluding hydrogens is 344 g/mol. The van der Waals surface area contributed by atoms with Crippen LogP contribution in [0, 0.1) is 0 Å². The summed E-state index contributed by atoms with van der Waals surface area (Å²) in [5.74, 6) is 0.549. The van der Waals surface area contributed by atoms with Crippen LogP contribution >= 0.6 is 11.3 Å². The molecule has 4 N–H and O–H groups in total. The summed E-state index contributed by atoms with van der Waals surface area (Å²) < 4.78 is 1.13. The number of rotatable bonds is 3. The molecule has 0 aliphatic heterocycles. The van der Waals surface area contributed by atoms with Crippen molar-refractivity contribution >= 4 is 39.0 Å². The van der Waals surface area contributed by atoms with Gasteiger partial charge in [0.05, 0.1) is 0 Å². The van der Waals surface area contributed by atoms with Crippen molar-refractivity contribution in [2.75, 3.05) is 11.1 Å². The highest BCUT2D eigenvalue weighted by Gasteiger charge is 2.15. The van der Waals surface area contributed by atoms with Crippen LogP contribution in [0.2, 0.25) is 0 Å². The number of carbonyl (C=O) groups excluding carboxylic acids is 1. The van der Waals surface area contributed by atoms with Crippen LogP contribution in [-0.4, -0.2) is 17.1 Å². The number of benzene rings is 1. The molecule has 1 saturated carbocycles. The summed E-state index contributed by atoms with van der Waals surface area (Å²) in [7, 11) is 0. The maximum Gasteiger partial charge on any atom is 0.319 e. The molecule has 1 aliphatic rings. The minimum Gasteiger partial charge on any atom is -0.383 e. The zero-order chi connectivity index (χ0) is 17.9. The number of fused-ring (bicyclic) bond motifs is 1. The van der Waals surface area contributed by atoms with Gasteiger partial charge < -0.3 is 16.4 Å². The number of hydrogen-bond donors (Lipinski definition) is 3. The van der Waals surface area contributed by atoms with Crippen molar-refractivity contribution < 1.29 is 4.79 Å². The van der Waals surface area contributed by atoms with E-state index in [1.54, 1.807) is 17.5 Å². The lowest BCUT2D eigenvalue weighted by Crippen LogP contribution is -2.38. The van der Waals surface area contributed by atoms with Crippen molar-refractivity contribution in [2.45, 2.75) is 38.1 Å². The maximum absolute atomic E-state index is 12.2. The van der Waals surface area contributed by atoms with Gasteiger partial charge in [-0.25, -0.2) is 9.78 Å². The third-order valence-corrected chi connectivity index (χ3v) is 5.86. The predicted octanol–water partition coefficient (Wildman–Crippen LogP) is 5.00. The standard InChI is InChI=1S/C20H22N4OS/c21-19-18-16(12-26-17(18)10-11-22-19)13-6-8-15(9-7-13)24-20(25)23-14-4-2-1-3-5-14/h6-12,14H,1-5H2,(H2,21,22)(H2,23,24,25). The highest BCUT2D eigenvalue weighted by atomic mass is 32.1. The van der Waals surface area contributed by atoms with Gasteiger partial charge in [0.2, 0.25) is 0 Å². The Kier molecular flexibility index (Phi) is 4.75. The number of anilines is 2. The lowest BCUT2D eigenvalue weighted by atomic mass is 9.96. The molecule has 2 amide bonds. The zero-order valence-electron chi connectivity index (χ0n) is 14.5. The summed E-state index contributed by atoms with van der Waals surface area (Å²) in [6.45, 7) is 0. The number of carbonyl (C=O) groups is 1. The van der Waals surface area contributed by atoms with E-state index in [0.29, 0.717) is 11.9 Å². The van der Waals surface area contributed by atoms with Gasteiger partial charge >= 0.3 is 6.03 Å². The number of nitrogens with zero attached hydrogens (tertiary/aromatic N) is 1. The van der Waals surface area contributed by atoms with Crippen molar-refractivity contribution in [3.63, 3.8) is 0 Å². The van der Waals surface area contributed by atoms with Gasteiger partial charge in [0.15, 0.2) is 0 Å². The summed E-state index contributed by atoms with van der Waals surface area (Å²) in [6.07, 6.45) is 7.56. The highest BCUT2D eigenvalue weighted by Crippen LogP contribution is 2.36. The van der Waals surface area contributed by atoms with Crippen molar-refractivity contribution in [1.82, 2.24) is 10.3 Å². The second-order valence-electron chi connectivity index (χ2n) is 6.73. The molecule has 1 aliphatic carbocycles. The van der Waals surface area contributed by atoms with E-state index in [-0.39, 0.29) is 6.03 Å². The van der Waals surface area contributed by atoms with Crippen LogP contribution < -0.4 is 16.4 Å². The first-order chi connectivity index (χ1) is 12.7. The van der Waals surface area contributed by atoms with Gasteiger partial charge in [0.25, 0.3) is 0 Å². The molecule has 2 heterocycles. The van der Waals surface area contributed by atoms with Crippen LogP contribution in [0.1, 0.15) is 32.1 Å². The molecule has 4 rings (SSSR count). The zero-order valence-corrected chi connectivity index (χ0v) is 15.3. The molecule has 0 unspecified atom stereocenters. The van der Waals surface area contributed by atoms with E-state index >= 15 is 0 Å². The second kappa shape index (κ2) is 7.33. The summed E-state index contributed by atoms with van der Waals surface area (Å²) in [4.78, 5) is 16.4. The Hall–Kier alpha value is -2.60. The van der Waals surface area contributed by atoms with Crippen molar-refractivity contribution in [1.29, 1.82) is 0 Å². The molecule has 26 heavy (non-hydrogen) atoms. The largest absolute Gasteiger partial charge is 0.383 e. The topological polar surface area (TPSA) is 80.0 Å². The summed E-state index contributed by atoms with van der Waals surface area (Å²) in [5.41, 5.74) is 8.98. The number of hydrogen-bond acceptors (Lipinski definition) is 4. The molecule has 2 aromatic heterocycles. The fourth-order valence-corrected chi connectivity index (χ4v) is 4.53. The second-order valence-corrected chi connectivity index (χ2v) is 7.64. The van der Waals surface area contributed by atoms with Gasteiger partial charge in [0.1, 0.15) is 5.82 Å². The smallest absolute Gasteiger partial charge is 0.319 e. The van der Waals surface area contributed by atoms with Gasteiger partial charge in [-0.2, -0.15) is 0 Å². The lowest BCUT2D eigenvalue weighted by Gasteiger charge is -2.22. The highest BCUT2D eigenvalue weighted by molar-refractivity contribution is 7.17. The molecular formula is C20H22N4OS. The Bertz CT molecular complexity index is 913. The number of amides is 2. The van der Waals surface area contributed by atoms with E-state index in [4.69, 9.17) is 5.73 Å². The summed E-state index contributed by atoms with van der Waals surface area (Å²) in [5, 5.41) is 9.09. The van der Waals surface area contributed by atoms with Crippen molar-refractivity contribution in [2.24, 2.45) is 0 Å². The first kappa shape index (κ1) is 16.8. The van der Waals surface area contributed by atoms with Crippen LogP contribution in [0.5, 0.6) is 0 Å². The third-order valence-electron chi connectivity index (χ3n) is 4.91. The Morgan fingerprint density at radius 2 is 1.88 bits per heavy atom. The minimum absolute atomic E-state index is 0.126. The minimum atomic E-state index is -0.126. The van der Waals surface area contributed by atoms with Crippen molar-refractivity contribution in [3.05, 3.63) is 41.9 Å². The van der Waals surface area contributed by atoms with E-state index < -0.39 is 0 Å². The number of thiophene rings is 1. The van der Waals surface area contributed by atoms with Gasteiger partial charge in [-0.15, -0.1) is 11.3 Å². The molecule has 0 saturated heterocycles. The Morgan fingerprint density at radius 1 is 1.12 bits per heavy atom. The molecule has 6 heteroatoms. The van der Waals surface area contributed by atoms with Gasteiger partial charge in [0, 0.05) is 33.6 Å². The quantitative estimate of drug-likeness (QED) is 0.610.